The van der Waals surface area contributed by atoms with Gasteiger partial charge >= 0.3 is 18.9 Å². The molecule has 12 heteroatoms. The molecule has 0 bridgehead atoms. The number of aromatic carboxylic acids is 1. The summed E-state index contributed by atoms with van der Waals surface area (Å²) >= 11 is 13.4. The molecule has 3 heterocycles. The number of hydrogen-bond donors (Lipinski definition) is 2. The number of halogens is 2. The van der Waals surface area contributed by atoms with Crippen molar-refractivity contribution in [2.45, 2.75) is 26.3 Å². The molecule has 1 amide bonds. The molecule has 3 atom stereocenters. The zero-order chi connectivity index (χ0) is 24.9. The third-order valence-electron chi connectivity index (χ3n) is 6.55. The topological polar surface area (TPSA) is 110 Å². The van der Waals surface area contributed by atoms with E-state index in [9.17, 15) is 14.7 Å². The molecular formula is C24H23Cl2LiN4O4S. The maximum atomic E-state index is 12.6. The van der Waals surface area contributed by atoms with Crippen molar-refractivity contribution in [3.63, 3.8) is 0 Å². The first-order valence-electron chi connectivity index (χ1n) is 11.3. The third-order valence-corrected chi connectivity index (χ3v) is 8.63. The van der Waals surface area contributed by atoms with Crippen LogP contribution < -0.4 is 38.9 Å². The van der Waals surface area contributed by atoms with Crippen molar-refractivity contribution in [2.75, 3.05) is 24.6 Å². The maximum Gasteiger partial charge on any atom is 1.00 e. The average molecular weight is 541 g/mol. The Morgan fingerprint density at radius 2 is 1.94 bits per heavy atom. The van der Waals surface area contributed by atoms with Gasteiger partial charge in [0.05, 0.1) is 33.2 Å². The van der Waals surface area contributed by atoms with Crippen LogP contribution in [0.4, 0.5) is 5.13 Å². The first-order chi connectivity index (χ1) is 16.8. The van der Waals surface area contributed by atoms with E-state index in [4.69, 9.17) is 27.9 Å². The number of piperidine rings is 1. The summed E-state index contributed by atoms with van der Waals surface area (Å²) < 4.78 is 5.68. The van der Waals surface area contributed by atoms with E-state index in [-0.39, 0.29) is 58.2 Å². The number of fused-ring (bicyclic) bond motifs is 1. The van der Waals surface area contributed by atoms with Crippen molar-refractivity contribution in [1.29, 1.82) is 0 Å². The summed E-state index contributed by atoms with van der Waals surface area (Å²) in [7, 11) is 0. The third kappa shape index (κ3) is 5.00. The van der Waals surface area contributed by atoms with Crippen LogP contribution in [0, 0.1) is 18.8 Å². The number of anilines is 1. The minimum Gasteiger partial charge on any atom is -0.544 e. The van der Waals surface area contributed by atoms with E-state index in [0.717, 1.165) is 16.9 Å². The zero-order valence-electron chi connectivity index (χ0n) is 20.1. The van der Waals surface area contributed by atoms with E-state index >= 15 is 0 Å². The Labute approximate surface area is 234 Å². The molecule has 0 unspecified atom stereocenters. The molecule has 5 rings (SSSR count). The zero-order valence-corrected chi connectivity index (χ0v) is 22.4. The Bertz CT molecular complexity index is 1300. The van der Waals surface area contributed by atoms with Crippen molar-refractivity contribution < 1.29 is 38.3 Å². The fourth-order valence-corrected chi connectivity index (χ4v) is 6.08. The second kappa shape index (κ2) is 10.7. The molecule has 2 fully saturated rings. The van der Waals surface area contributed by atoms with Gasteiger partial charge in [-0.2, -0.15) is 0 Å². The fraction of sp³-hybridized carbons (Fsp3) is 0.375. The molecule has 0 spiro atoms. The van der Waals surface area contributed by atoms with Crippen molar-refractivity contribution in [2.24, 2.45) is 11.8 Å². The number of H-pyrrole nitrogens is 1. The summed E-state index contributed by atoms with van der Waals surface area (Å²) in [6.45, 7) is 5.55. The predicted molar refractivity (Wildman–Crippen MR) is 133 cm³/mol. The number of rotatable bonds is 8. The number of amides is 1. The molecule has 0 radical (unpaired) electrons. The molecule has 2 aromatic heterocycles. The van der Waals surface area contributed by atoms with Gasteiger partial charge in [0.1, 0.15) is 11.4 Å². The van der Waals surface area contributed by atoms with Crippen LogP contribution in [0.15, 0.2) is 24.3 Å². The average Bonchev–Trinajstić information content (AvgIpc) is 3.20. The number of carbonyl (C=O) groups excluding carboxylic acids is 2. The number of carboxylic acids is 1. The maximum absolute atomic E-state index is 12.6. The number of nitrogens with one attached hydrogen (secondary N) is 2. The van der Waals surface area contributed by atoms with Crippen LogP contribution in [0.2, 0.25) is 10.0 Å². The van der Waals surface area contributed by atoms with Crippen molar-refractivity contribution in [3.05, 3.63) is 61.8 Å². The number of aromatic nitrogens is 2. The summed E-state index contributed by atoms with van der Waals surface area (Å²) in [6, 6.07) is 7.58. The van der Waals surface area contributed by atoms with Crippen LogP contribution in [0.5, 0.6) is 5.75 Å². The van der Waals surface area contributed by atoms with Gasteiger partial charge in [-0.05, 0) is 19.9 Å². The number of ether oxygens (including phenoxy) is 1. The Morgan fingerprint density at radius 3 is 2.56 bits per heavy atom. The SMILES string of the molecule is CCOc1ccccc1Cc1nc(N2C[C@@H]3[C@H](C2)[C@@H]3NC(=O)c2[nH]c(C)c(Cl)c2Cl)sc1C(=O)[O-].[Li+]. The minimum atomic E-state index is -1.23. The number of hydrogen-bond acceptors (Lipinski definition) is 7. The minimum absolute atomic E-state index is 0. The summed E-state index contributed by atoms with van der Waals surface area (Å²) in [4.78, 5) is 34.3. The van der Waals surface area contributed by atoms with Gasteiger partial charge in [0.15, 0.2) is 5.13 Å². The molecule has 8 nitrogen and oxygen atoms in total. The van der Waals surface area contributed by atoms with Gasteiger partial charge in [-0.25, -0.2) is 4.98 Å². The first-order valence-corrected chi connectivity index (χ1v) is 12.9. The van der Waals surface area contributed by atoms with Crippen LogP contribution in [0.25, 0.3) is 0 Å². The standard InChI is InChI=1S/C24H24Cl2N4O4S.Li/c1-3-34-16-7-5-4-6-12(16)8-15-21(23(32)33)35-24(28-15)30-9-13-14(10-30)19(13)29-22(31)20-18(26)17(25)11(2)27-20;/h4-7,13-14,19,27H,3,8-10H2,1-2H3,(H,29,31)(H,32,33);/q;+1/p-1/t13-,14+,19-;. The Kier molecular flexibility index (Phi) is 7.98. The number of thiazole rings is 1. The van der Waals surface area contributed by atoms with Gasteiger partial charge in [0.2, 0.25) is 0 Å². The van der Waals surface area contributed by atoms with E-state index in [1.54, 1.807) is 6.92 Å². The van der Waals surface area contributed by atoms with Crippen LogP contribution in [-0.2, 0) is 6.42 Å². The van der Waals surface area contributed by atoms with E-state index in [1.807, 2.05) is 31.2 Å². The molecule has 1 aromatic carbocycles. The van der Waals surface area contributed by atoms with Crippen LogP contribution in [0.3, 0.4) is 0 Å². The van der Waals surface area contributed by atoms with Gasteiger partial charge in [-0.15, -0.1) is 0 Å². The largest absolute Gasteiger partial charge is 1.00 e. The summed E-state index contributed by atoms with van der Waals surface area (Å²) in [5.74, 6) is -0.263. The Hall–Kier alpha value is -2.15. The fourth-order valence-electron chi connectivity index (χ4n) is 4.73. The number of benzene rings is 1. The predicted octanol–water partition coefficient (Wildman–Crippen LogP) is 0.308. The summed E-state index contributed by atoms with van der Waals surface area (Å²) in [5, 5.41) is 16.1. The molecule has 1 aliphatic heterocycles. The number of carboxylic acid groups (broad SMARTS) is 1. The van der Waals surface area contributed by atoms with Gasteiger partial charge in [-0.3, -0.25) is 4.79 Å². The monoisotopic (exact) mass is 540 g/mol. The van der Waals surface area contributed by atoms with Crippen LogP contribution >= 0.6 is 34.5 Å². The number of nitrogens with zero attached hydrogens (tertiary/aromatic N) is 2. The van der Waals surface area contributed by atoms with Crippen LogP contribution in [0.1, 0.15) is 44.0 Å². The van der Waals surface area contributed by atoms with Gasteiger partial charge in [0, 0.05) is 48.6 Å². The molecule has 2 N–H and O–H groups in total. The van der Waals surface area contributed by atoms with Crippen molar-refractivity contribution in [1.82, 2.24) is 15.3 Å². The van der Waals surface area contributed by atoms with Gasteiger partial charge < -0.3 is 29.8 Å². The molecule has 1 saturated carbocycles. The Morgan fingerprint density at radius 1 is 1.25 bits per heavy atom. The van der Waals surface area contributed by atoms with E-state index in [1.165, 1.54) is 0 Å². The number of aryl methyl sites for hydroxylation is 1. The summed E-state index contributed by atoms with van der Waals surface area (Å²) in [5.41, 5.74) is 2.26. The quantitative estimate of drug-likeness (QED) is 0.398. The second-order valence-electron chi connectivity index (χ2n) is 8.76. The van der Waals surface area contributed by atoms with E-state index in [0.29, 0.717) is 53.4 Å². The molecular weight excluding hydrogens is 518 g/mol. The van der Waals surface area contributed by atoms with Gasteiger partial charge in [-0.1, -0.05) is 52.7 Å². The van der Waals surface area contributed by atoms with Crippen molar-refractivity contribution >= 4 is 51.5 Å². The normalized spacial score (nSPS) is 20.0. The smallest absolute Gasteiger partial charge is 0.544 e. The van der Waals surface area contributed by atoms with Crippen LogP contribution in [-0.4, -0.2) is 47.6 Å². The molecule has 184 valence electrons. The summed E-state index contributed by atoms with van der Waals surface area (Å²) in [6.07, 6.45) is 0.342. The second-order valence-corrected chi connectivity index (χ2v) is 10.5. The molecule has 3 aromatic rings. The molecule has 36 heavy (non-hydrogen) atoms. The molecule has 1 aliphatic carbocycles. The molecule has 2 aliphatic rings. The molecule has 1 saturated heterocycles. The van der Waals surface area contributed by atoms with E-state index in [2.05, 4.69) is 20.2 Å². The Balaban J connectivity index is 0.00000304. The van der Waals surface area contributed by atoms with E-state index < -0.39 is 5.97 Å². The van der Waals surface area contributed by atoms with Gasteiger partial charge in [0.25, 0.3) is 5.91 Å². The number of para-hydroxylation sites is 1. The number of aromatic amines is 1. The first kappa shape index (κ1) is 26.9. The number of carbonyl (C=O) groups is 2. The van der Waals surface area contributed by atoms with Crippen molar-refractivity contribution in [3.8, 4) is 5.75 Å².